The standard InChI is InChI=1S/C14H26N2O2/c15-14(9-5-6-10-14)12(17)16-11-13(18)7-3-1-2-4-8-13/h18H,1-11,15H2,(H,16,17). The maximum atomic E-state index is 12.1. The summed E-state index contributed by atoms with van der Waals surface area (Å²) in [4.78, 5) is 12.1. The zero-order valence-electron chi connectivity index (χ0n) is 11.2. The molecule has 2 saturated carbocycles. The smallest absolute Gasteiger partial charge is 0.240 e. The summed E-state index contributed by atoms with van der Waals surface area (Å²) in [6.45, 7) is 0.366. The van der Waals surface area contributed by atoms with Gasteiger partial charge in [-0.05, 0) is 25.7 Å². The lowest BCUT2D eigenvalue weighted by Gasteiger charge is -2.29. The van der Waals surface area contributed by atoms with E-state index in [1.54, 1.807) is 0 Å². The second-order valence-electron chi connectivity index (χ2n) is 6.18. The number of hydrogen-bond acceptors (Lipinski definition) is 3. The molecular formula is C14H26N2O2. The Labute approximate surface area is 109 Å². The summed E-state index contributed by atoms with van der Waals surface area (Å²) >= 11 is 0. The average molecular weight is 254 g/mol. The molecule has 4 heteroatoms. The van der Waals surface area contributed by atoms with E-state index in [0.717, 1.165) is 51.4 Å². The Kier molecular flexibility index (Phi) is 4.28. The summed E-state index contributed by atoms with van der Waals surface area (Å²) < 4.78 is 0. The van der Waals surface area contributed by atoms with Crippen molar-refractivity contribution in [1.82, 2.24) is 5.32 Å². The fourth-order valence-corrected chi connectivity index (χ4v) is 3.22. The summed E-state index contributed by atoms with van der Waals surface area (Å²) in [7, 11) is 0. The molecule has 104 valence electrons. The Bertz CT molecular complexity index is 290. The number of nitrogens with two attached hydrogens (primary N) is 1. The predicted octanol–water partition coefficient (Wildman–Crippen LogP) is 1.46. The Morgan fingerprint density at radius 3 is 2.06 bits per heavy atom. The van der Waals surface area contributed by atoms with Gasteiger partial charge in [0.25, 0.3) is 0 Å². The second kappa shape index (κ2) is 5.57. The maximum absolute atomic E-state index is 12.1. The Morgan fingerprint density at radius 1 is 1.00 bits per heavy atom. The lowest BCUT2D eigenvalue weighted by atomic mass is 9.93. The Balaban J connectivity index is 1.84. The van der Waals surface area contributed by atoms with Gasteiger partial charge >= 0.3 is 0 Å². The predicted molar refractivity (Wildman–Crippen MR) is 71.0 cm³/mol. The largest absolute Gasteiger partial charge is 0.388 e. The molecule has 2 rings (SSSR count). The van der Waals surface area contributed by atoms with E-state index in [1.165, 1.54) is 12.8 Å². The van der Waals surface area contributed by atoms with Gasteiger partial charge in [-0.3, -0.25) is 4.79 Å². The van der Waals surface area contributed by atoms with Gasteiger partial charge in [0, 0.05) is 6.54 Å². The minimum atomic E-state index is -0.707. The van der Waals surface area contributed by atoms with Crippen molar-refractivity contribution in [3.05, 3.63) is 0 Å². The molecule has 1 amide bonds. The molecule has 4 N–H and O–H groups in total. The first-order valence-corrected chi connectivity index (χ1v) is 7.34. The van der Waals surface area contributed by atoms with Crippen LogP contribution in [0.5, 0.6) is 0 Å². The molecule has 2 aliphatic rings. The molecule has 0 aliphatic heterocycles. The van der Waals surface area contributed by atoms with Gasteiger partial charge in [0.05, 0.1) is 11.1 Å². The number of amides is 1. The van der Waals surface area contributed by atoms with Crippen molar-refractivity contribution in [2.45, 2.75) is 75.3 Å². The highest BCUT2D eigenvalue weighted by Gasteiger charge is 2.38. The quantitative estimate of drug-likeness (QED) is 0.667. The first-order valence-electron chi connectivity index (χ1n) is 7.34. The SMILES string of the molecule is NC1(C(=O)NCC2(O)CCCCCC2)CCCC1. The van der Waals surface area contributed by atoms with E-state index >= 15 is 0 Å². The van der Waals surface area contributed by atoms with Crippen LogP contribution in [0.2, 0.25) is 0 Å². The molecule has 0 aromatic rings. The van der Waals surface area contributed by atoms with Crippen molar-refractivity contribution in [1.29, 1.82) is 0 Å². The van der Waals surface area contributed by atoms with Crippen LogP contribution in [0, 0.1) is 0 Å². The van der Waals surface area contributed by atoms with E-state index in [1.807, 2.05) is 0 Å². The van der Waals surface area contributed by atoms with Gasteiger partial charge in [-0.2, -0.15) is 0 Å². The molecule has 0 saturated heterocycles. The van der Waals surface area contributed by atoms with E-state index in [4.69, 9.17) is 5.73 Å². The van der Waals surface area contributed by atoms with Crippen LogP contribution in [0.1, 0.15) is 64.2 Å². The van der Waals surface area contributed by atoms with Crippen molar-refractivity contribution in [2.75, 3.05) is 6.54 Å². The van der Waals surface area contributed by atoms with Crippen LogP contribution < -0.4 is 11.1 Å². The van der Waals surface area contributed by atoms with Gasteiger partial charge in [-0.15, -0.1) is 0 Å². The van der Waals surface area contributed by atoms with Gasteiger partial charge in [0.2, 0.25) is 5.91 Å². The second-order valence-corrected chi connectivity index (χ2v) is 6.18. The lowest BCUT2D eigenvalue weighted by molar-refractivity contribution is -0.127. The molecule has 0 aromatic heterocycles. The van der Waals surface area contributed by atoms with Gasteiger partial charge < -0.3 is 16.2 Å². The molecule has 0 aromatic carbocycles. The third-order valence-electron chi connectivity index (χ3n) is 4.56. The van der Waals surface area contributed by atoms with E-state index in [0.29, 0.717) is 6.54 Å². The third kappa shape index (κ3) is 3.23. The van der Waals surface area contributed by atoms with E-state index < -0.39 is 11.1 Å². The molecule has 0 radical (unpaired) electrons. The lowest BCUT2D eigenvalue weighted by Crippen LogP contribution is -2.55. The molecule has 0 heterocycles. The van der Waals surface area contributed by atoms with Gasteiger partial charge in [-0.1, -0.05) is 38.5 Å². The number of nitrogens with one attached hydrogen (secondary N) is 1. The zero-order chi connectivity index (χ0) is 13.1. The van der Waals surface area contributed by atoms with E-state index in [9.17, 15) is 9.90 Å². The molecule has 4 nitrogen and oxygen atoms in total. The van der Waals surface area contributed by atoms with Crippen LogP contribution >= 0.6 is 0 Å². The molecule has 0 bridgehead atoms. The number of carbonyl (C=O) groups excluding carboxylic acids is 1. The molecular weight excluding hydrogens is 228 g/mol. The summed E-state index contributed by atoms with van der Waals surface area (Å²) in [5, 5.41) is 13.4. The van der Waals surface area contributed by atoms with Crippen LogP contribution in [0.25, 0.3) is 0 Å². The van der Waals surface area contributed by atoms with E-state index in [2.05, 4.69) is 5.32 Å². The minimum absolute atomic E-state index is 0.0716. The zero-order valence-corrected chi connectivity index (χ0v) is 11.2. The van der Waals surface area contributed by atoms with Crippen molar-refractivity contribution < 1.29 is 9.90 Å². The van der Waals surface area contributed by atoms with Gasteiger partial charge in [0.15, 0.2) is 0 Å². The maximum Gasteiger partial charge on any atom is 0.240 e. The normalized spacial score (nSPS) is 26.6. The fourth-order valence-electron chi connectivity index (χ4n) is 3.22. The first kappa shape index (κ1) is 13.8. The van der Waals surface area contributed by atoms with Crippen molar-refractivity contribution in [3.63, 3.8) is 0 Å². The third-order valence-corrected chi connectivity index (χ3v) is 4.56. The highest BCUT2D eigenvalue weighted by Crippen LogP contribution is 2.29. The van der Waals surface area contributed by atoms with Crippen molar-refractivity contribution >= 4 is 5.91 Å². The Hall–Kier alpha value is -0.610. The van der Waals surface area contributed by atoms with Gasteiger partial charge in [-0.25, -0.2) is 0 Å². The summed E-state index contributed by atoms with van der Waals surface area (Å²) in [6, 6.07) is 0. The monoisotopic (exact) mass is 254 g/mol. The first-order chi connectivity index (χ1) is 8.54. The molecule has 0 atom stereocenters. The molecule has 0 spiro atoms. The average Bonchev–Trinajstić information content (AvgIpc) is 2.68. The highest BCUT2D eigenvalue weighted by molar-refractivity contribution is 5.86. The van der Waals surface area contributed by atoms with Crippen LogP contribution in [-0.2, 0) is 4.79 Å². The van der Waals surface area contributed by atoms with Crippen LogP contribution in [-0.4, -0.2) is 28.7 Å². The van der Waals surface area contributed by atoms with Crippen LogP contribution in [0.15, 0.2) is 0 Å². The van der Waals surface area contributed by atoms with Crippen LogP contribution in [0.4, 0.5) is 0 Å². The molecule has 0 unspecified atom stereocenters. The number of hydrogen-bond donors (Lipinski definition) is 3. The Morgan fingerprint density at radius 2 is 1.50 bits per heavy atom. The van der Waals surface area contributed by atoms with E-state index in [-0.39, 0.29) is 5.91 Å². The number of aliphatic hydroxyl groups is 1. The van der Waals surface area contributed by atoms with Crippen molar-refractivity contribution in [3.8, 4) is 0 Å². The van der Waals surface area contributed by atoms with Crippen molar-refractivity contribution in [2.24, 2.45) is 5.73 Å². The summed E-state index contributed by atoms with van der Waals surface area (Å²) in [5.41, 5.74) is 4.71. The highest BCUT2D eigenvalue weighted by atomic mass is 16.3. The molecule has 2 fully saturated rings. The minimum Gasteiger partial charge on any atom is -0.388 e. The topological polar surface area (TPSA) is 75.4 Å². The van der Waals surface area contributed by atoms with Gasteiger partial charge in [0.1, 0.15) is 0 Å². The molecule has 18 heavy (non-hydrogen) atoms. The number of rotatable bonds is 3. The van der Waals surface area contributed by atoms with Crippen LogP contribution in [0.3, 0.4) is 0 Å². The number of carbonyl (C=O) groups is 1. The fraction of sp³-hybridized carbons (Fsp3) is 0.929. The summed E-state index contributed by atoms with van der Waals surface area (Å²) in [6.07, 6.45) is 9.71. The molecule has 2 aliphatic carbocycles. The summed E-state index contributed by atoms with van der Waals surface area (Å²) in [5.74, 6) is -0.0716.